The zero-order chi connectivity index (χ0) is 17.2. The molecule has 7 nitrogen and oxygen atoms in total. The van der Waals surface area contributed by atoms with Gasteiger partial charge in [0.25, 0.3) is 0 Å². The quantitative estimate of drug-likeness (QED) is 0.397. The average molecular weight is 335 g/mol. The molecule has 0 spiro atoms. The van der Waals surface area contributed by atoms with Crippen molar-refractivity contribution in [3.63, 3.8) is 0 Å². The molecule has 1 amide bonds. The van der Waals surface area contributed by atoms with Gasteiger partial charge in [0.05, 0.1) is 46.2 Å². The van der Waals surface area contributed by atoms with Crippen LogP contribution in [0.4, 0.5) is 0 Å². The van der Waals surface area contributed by atoms with Gasteiger partial charge < -0.3 is 29.0 Å². The normalized spacial score (nSPS) is 11.1. The van der Waals surface area contributed by atoms with Gasteiger partial charge >= 0.3 is 0 Å². The third-order valence-corrected chi connectivity index (χ3v) is 2.57. The van der Waals surface area contributed by atoms with Gasteiger partial charge in [-0.25, -0.2) is 0 Å². The lowest BCUT2D eigenvalue weighted by Gasteiger charge is -2.09. The lowest BCUT2D eigenvalue weighted by Crippen LogP contribution is -2.30. The fourth-order valence-corrected chi connectivity index (χ4v) is 1.49. The molecule has 0 fully saturated rings. The largest absolute Gasteiger partial charge is 0.379 e. The van der Waals surface area contributed by atoms with Crippen LogP contribution in [0.2, 0.25) is 0 Å². The van der Waals surface area contributed by atoms with Crippen molar-refractivity contribution in [3.8, 4) is 0 Å². The summed E-state index contributed by atoms with van der Waals surface area (Å²) >= 11 is 0. The minimum absolute atomic E-state index is 0.0993. The fraction of sp³-hybridized carbons (Fsp3) is 0.938. The van der Waals surface area contributed by atoms with Gasteiger partial charge in [-0.1, -0.05) is 13.8 Å². The van der Waals surface area contributed by atoms with Crippen molar-refractivity contribution in [1.82, 2.24) is 5.32 Å². The van der Waals surface area contributed by atoms with Gasteiger partial charge in [0, 0.05) is 19.8 Å². The molecule has 0 aromatic heterocycles. The summed E-state index contributed by atoms with van der Waals surface area (Å²) in [6, 6.07) is 0. The Morgan fingerprint density at radius 2 is 1.35 bits per heavy atom. The van der Waals surface area contributed by atoms with Crippen LogP contribution < -0.4 is 5.32 Å². The van der Waals surface area contributed by atoms with Crippen LogP contribution in [0.3, 0.4) is 0 Å². The van der Waals surface area contributed by atoms with E-state index in [9.17, 15) is 4.79 Å². The molecule has 0 radical (unpaired) electrons. The van der Waals surface area contributed by atoms with Crippen LogP contribution in [-0.4, -0.2) is 78.5 Å². The second-order valence-electron chi connectivity index (χ2n) is 5.29. The molecule has 0 atom stereocenters. The summed E-state index contributed by atoms with van der Waals surface area (Å²) in [5.41, 5.74) is 0. The van der Waals surface area contributed by atoms with Crippen molar-refractivity contribution in [1.29, 1.82) is 0 Å². The molecule has 0 unspecified atom stereocenters. The molecule has 0 rings (SSSR count). The minimum Gasteiger partial charge on any atom is -0.379 e. The molecule has 0 saturated carbocycles. The summed E-state index contributed by atoms with van der Waals surface area (Å²) in [5.74, 6) is 0.428. The Kier molecular flexibility index (Phi) is 17.1. The first-order valence-corrected chi connectivity index (χ1v) is 8.32. The van der Waals surface area contributed by atoms with E-state index < -0.39 is 0 Å². The topological polar surface area (TPSA) is 75.3 Å². The van der Waals surface area contributed by atoms with Gasteiger partial charge in [0.2, 0.25) is 5.91 Å². The SMILES string of the molecule is CCOCC(=O)NCCOCCOCCOCCOCC(C)C. The van der Waals surface area contributed by atoms with Crippen molar-refractivity contribution in [2.75, 3.05) is 72.6 Å². The molecule has 0 aliphatic heterocycles. The van der Waals surface area contributed by atoms with Crippen LogP contribution in [-0.2, 0) is 28.5 Å². The first kappa shape index (κ1) is 22.3. The monoisotopic (exact) mass is 335 g/mol. The van der Waals surface area contributed by atoms with Crippen LogP contribution in [0.25, 0.3) is 0 Å². The standard InChI is InChI=1S/C16H33NO6/c1-4-19-14-16(18)17-5-6-20-7-8-21-9-10-22-11-12-23-13-15(2)3/h15H,4-14H2,1-3H3,(H,17,18). The molecule has 0 aromatic rings. The molecule has 0 aliphatic carbocycles. The average Bonchev–Trinajstić information content (AvgIpc) is 2.52. The third-order valence-electron chi connectivity index (χ3n) is 2.57. The van der Waals surface area contributed by atoms with Gasteiger partial charge in [0.15, 0.2) is 0 Å². The van der Waals surface area contributed by atoms with Crippen molar-refractivity contribution < 1.29 is 28.5 Å². The number of hydrogen-bond donors (Lipinski definition) is 1. The predicted molar refractivity (Wildman–Crippen MR) is 87.6 cm³/mol. The highest BCUT2D eigenvalue weighted by atomic mass is 16.6. The second-order valence-corrected chi connectivity index (χ2v) is 5.29. The fourth-order valence-electron chi connectivity index (χ4n) is 1.49. The minimum atomic E-state index is -0.124. The van der Waals surface area contributed by atoms with Crippen molar-refractivity contribution in [2.45, 2.75) is 20.8 Å². The molecule has 0 aromatic carbocycles. The van der Waals surface area contributed by atoms with E-state index in [-0.39, 0.29) is 12.5 Å². The van der Waals surface area contributed by atoms with Crippen LogP contribution in [0, 0.1) is 5.92 Å². The van der Waals surface area contributed by atoms with E-state index in [0.717, 1.165) is 6.61 Å². The summed E-state index contributed by atoms with van der Waals surface area (Å²) < 4.78 is 26.4. The molecular weight excluding hydrogens is 302 g/mol. The van der Waals surface area contributed by atoms with E-state index in [1.54, 1.807) is 0 Å². The van der Waals surface area contributed by atoms with Gasteiger partial charge in [0.1, 0.15) is 6.61 Å². The van der Waals surface area contributed by atoms with Gasteiger partial charge in [-0.2, -0.15) is 0 Å². The Balaban J connectivity index is 3.06. The summed E-state index contributed by atoms with van der Waals surface area (Å²) in [4.78, 5) is 11.2. The molecule has 138 valence electrons. The number of carbonyl (C=O) groups is 1. The van der Waals surface area contributed by atoms with E-state index in [1.165, 1.54) is 0 Å². The van der Waals surface area contributed by atoms with Gasteiger partial charge in [-0.3, -0.25) is 4.79 Å². The molecular formula is C16H33NO6. The number of nitrogens with one attached hydrogen (secondary N) is 1. The van der Waals surface area contributed by atoms with E-state index >= 15 is 0 Å². The Morgan fingerprint density at radius 1 is 0.826 bits per heavy atom. The molecule has 23 heavy (non-hydrogen) atoms. The van der Waals surface area contributed by atoms with Gasteiger partial charge in [-0.05, 0) is 12.8 Å². The Labute approximate surface area is 139 Å². The van der Waals surface area contributed by atoms with Crippen LogP contribution >= 0.6 is 0 Å². The molecule has 7 heteroatoms. The van der Waals surface area contributed by atoms with Crippen molar-refractivity contribution >= 4 is 5.91 Å². The van der Waals surface area contributed by atoms with E-state index in [2.05, 4.69) is 19.2 Å². The molecule has 0 heterocycles. The first-order chi connectivity index (χ1) is 11.2. The molecule has 0 bridgehead atoms. The smallest absolute Gasteiger partial charge is 0.246 e. The number of ether oxygens (including phenoxy) is 5. The summed E-state index contributed by atoms with van der Waals surface area (Å²) in [5, 5.41) is 2.70. The zero-order valence-corrected chi connectivity index (χ0v) is 14.8. The van der Waals surface area contributed by atoms with Crippen molar-refractivity contribution in [2.24, 2.45) is 5.92 Å². The number of amides is 1. The lowest BCUT2D eigenvalue weighted by molar-refractivity contribution is -0.125. The maximum atomic E-state index is 11.2. The van der Waals surface area contributed by atoms with E-state index in [4.69, 9.17) is 23.7 Å². The first-order valence-electron chi connectivity index (χ1n) is 8.32. The third kappa shape index (κ3) is 19.2. The molecule has 1 N–H and O–H groups in total. The van der Waals surface area contributed by atoms with Gasteiger partial charge in [-0.15, -0.1) is 0 Å². The van der Waals surface area contributed by atoms with Crippen LogP contribution in [0.15, 0.2) is 0 Å². The van der Waals surface area contributed by atoms with E-state index in [0.29, 0.717) is 65.3 Å². The second kappa shape index (κ2) is 17.6. The van der Waals surface area contributed by atoms with E-state index in [1.807, 2.05) is 6.92 Å². The highest BCUT2D eigenvalue weighted by Crippen LogP contribution is 1.91. The van der Waals surface area contributed by atoms with Crippen molar-refractivity contribution in [3.05, 3.63) is 0 Å². The highest BCUT2D eigenvalue weighted by Gasteiger charge is 1.99. The number of hydrogen-bond acceptors (Lipinski definition) is 6. The number of rotatable bonds is 17. The molecule has 0 saturated heterocycles. The molecule has 0 aliphatic rings. The Bertz CT molecular complexity index is 263. The van der Waals surface area contributed by atoms with Crippen LogP contribution in [0.1, 0.15) is 20.8 Å². The highest BCUT2D eigenvalue weighted by molar-refractivity contribution is 5.77. The summed E-state index contributed by atoms with van der Waals surface area (Å²) in [7, 11) is 0. The maximum absolute atomic E-state index is 11.2. The zero-order valence-electron chi connectivity index (χ0n) is 14.8. The predicted octanol–water partition coefficient (Wildman–Crippen LogP) is 0.862. The number of carbonyl (C=O) groups excluding carboxylic acids is 1. The lowest BCUT2D eigenvalue weighted by atomic mass is 10.2. The summed E-state index contributed by atoms with van der Waals surface area (Å²) in [6.07, 6.45) is 0. The Hall–Kier alpha value is -0.730. The summed E-state index contributed by atoms with van der Waals surface area (Å²) in [6.45, 7) is 11.7. The van der Waals surface area contributed by atoms with Crippen LogP contribution in [0.5, 0.6) is 0 Å². The Morgan fingerprint density at radius 3 is 1.87 bits per heavy atom. The maximum Gasteiger partial charge on any atom is 0.246 e.